The Morgan fingerprint density at radius 1 is 1.18 bits per heavy atom. The Bertz CT molecular complexity index is 410. The van der Waals surface area contributed by atoms with Gasteiger partial charge < -0.3 is 5.11 Å². The van der Waals surface area contributed by atoms with Crippen molar-refractivity contribution >= 4 is 0 Å². The van der Waals surface area contributed by atoms with E-state index in [0.29, 0.717) is 5.92 Å². The lowest BCUT2D eigenvalue weighted by atomic mass is 9.69. The Balaban J connectivity index is 2.35. The molecule has 1 N–H and O–H groups in total. The lowest BCUT2D eigenvalue weighted by molar-refractivity contribution is -0.0341. The predicted molar refractivity (Wildman–Crippen MR) is 72.0 cm³/mol. The van der Waals surface area contributed by atoms with E-state index in [1.165, 1.54) is 11.1 Å². The maximum Gasteiger partial charge on any atom is 0.0902 e. The van der Waals surface area contributed by atoms with Crippen LogP contribution in [0.5, 0.6) is 0 Å². The van der Waals surface area contributed by atoms with Gasteiger partial charge in [-0.3, -0.25) is 0 Å². The zero-order chi connectivity index (χ0) is 12.6. The third-order valence-electron chi connectivity index (χ3n) is 4.54. The topological polar surface area (TPSA) is 20.2 Å². The fraction of sp³-hybridized carbons (Fsp3) is 0.625. The van der Waals surface area contributed by atoms with Gasteiger partial charge in [-0.25, -0.2) is 0 Å². The molecule has 0 aliphatic heterocycles. The summed E-state index contributed by atoms with van der Waals surface area (Å²) in [6.45, 7) is 8.77. The van der Waals surface area contributed by atoms with Crippen LogP contribution in [0.2, 0.25) is 0 Å². The van der Waals surface area contributed by atoms with E-state index in [1.54, 1.807) is 0 Å². The molecule has 0 heterocycles. The van der Waals surface area contributed by atoms with Gasteiger partial charge in [-0.05, 0) is 56.1 Å². The molecule has 94 valence electrons. The monoisotopic (exact) mass is 232 g/mol. The minimum absolute atomic E-state index is 0.595. The molecule has 3 unspecified atom stereocenters. The van der Waals surface area contributed by atoms with Crippen LogP contribution in [-0.2, 0) is 5.60 Å². The summed E-state index contributed by atoms with van der Waals surface area (Å²) in [6, 6.07) is 6.42. The largest absolute Gasteiger partial charge is 0.385 e. The highest BCUT2D eigenvalue weighted by atomic mass is 16.3. The highest BCUT2D eigenvalue weighted by Crippen LogP contribution is 2.43. The van der Waals surface area contributed by atoms with Crippen LogP contribution in [0, 0.1) is 25.7 Å². The molecule has 17 heavy (non-hydrogen) atoms. The molecule has 0 amide bonds. The average Bonchev–Trinajstić information content (AvgIpc) is 2.27. The van der Waals surface area contributed by atoms with E-state index < -0.39 is 5.60 Å². The van der Waals surface area contributed by atoms with E-state index in [9.17, 15) is 5.11 Å². The lowest BCUT2D eigenvalue weighted by Crippen LogP contribution is -2.35. The van der Waals surface area contributed by atoms with Crippen molar-refractivity contribution in [1.29, 1.82) is 0 Å². The van der Waals surface area contributed by atoms with E-state index in [-0.39, 0.29) is 0 Å². The molecule has 0 aromatic heterocycles. The van der Waals surface area contributed by atoms with Gasteiger partial charge in [-0.2, -0.15) is 0 Å². The molecule has 1 aromatic carbocycles. The van der Waals surface area contributed by atoms with Crippen LogP contribution in [0.15, 0.2) is 18.2 Å². The normalized spacial score (nSPS) is 33.7. The number of rotatable bonds is 1. The van der Waals surface area contributed by atoms with Gasteiger partial charge in [0.15, 0.2) is 0 Å². The Morgan fingerprint density at radius 2 is 1.88 bits per heavy atom. The Kier molecular flexibility index (Phi) is 3.31. The predicted octanol–water partition coefficient (Wildman–Crippen LogP) is 3.95. The zero-order valence-corrected chi connectivity index (χ0v) is 11.5. The summed E-state index contributed by atoms with van der Waals surface area (Å²) in [7, 11) is 0. The number of hydrogen-bond donors (Lipinski definition) is 1. The third kappa shape index (κ3) is 2.40. The molecule has 1 nitrogen and oxygen atoms in total. The first-order valence-corrected chi connectivity index (χ1v) is 6.72. The highest BCUT2D eigenvalue weighted by Gasteiger charge is 2.38. The Morgan fingerprint density at radius 3 is 2.53 bits per heavy atom. The van der Waals surface area contributed by atoms with Gasteiger partial charge in [-0.1, -0.05) is 37.6 Å². The maximum absolute atomic E-state index is 10.9. The van der Waals surface area contributed by atoms with Crippen molar-refractivity contribution in [3.05, 3.63) is 34.9 Å². The van der Waals surface area contributed by atoms with Crippen LogP contribution >= 0.6 is 0 Å². The molecule has 1 aliphatic rings. The van der Waals surface area contributed by atoms with Crippen LogP contribution in [0.1, 0.15) is 49.8 Å². The van der Waals surface area contributed by atoms with Crippen molar-refractivity contribution in [2.24, 2.45) is 11.8 Å². The Labute approximate surface area is 105 Å². The molecular weight excluding hydrogens is 208 g/mol. The number of hydrogen-bond acceptors (Lipinski definition) is 1. The van der Waals surface area contributed by atoms with Gasteiger partial charge in [0.05, 0.1) is 5.60 Å². The van der Waals surface area contributed by atoms with Crippen LogP contribution < -0.4 is 0 Å². The molecule has 0 bridgehead atoms. The van der Waals surface area contributed by atoms with Crippen LogP contribution in [0.25, 0.3) is 0 Å². The minimum atomic E-state index is -0.595. The van der Waals surface area contributed by atoms with Gasteiger partial charge in [0, 0.05) is 0 Å². The van der Waals surface area contributed by atoms with Gasteiger partial charge >= 0.3 is 0 Å². The molecule has 1 saturated carbocycles. The van der Waals surface area contributed by atoms with Crippen molar-refractivity contribution in [3.8, 4) is 0 Å². The molecule has 1 aliphatic carbocycles. The first kappa shape index (κ1) is 12.6. The van der Waals surface area contributed by atoms with Gasteiger partial charge in [0.25, 0.3) is 0 Å². The smallest absolute Gasteiger partial charge is 0.0902 e. The fourth-order valence-electron chi connectivity index (χ4n) is 3.07. The van der Waals surface area contributed by atoms with Crippen LogP contribution in [0.4, 0.5) is 0 Å². The molecule has 3 atom stereocenters. The standard InChI is InChI=1S/C16H24O/c1-11-5-6-13(3)15(9-11)16(17)8-7-12(2)14(4)10-16/h5-6,9,12,14,17H,7-8,10H2,1-4H3. The first-order chi connectivity index (χ1) is 7.92. The molecule has 1 heteroatoms. The molecule has 0 radical (unpaired) electrons. The summed E-state index contributed by atoms with van der Waals surface area (Å²) in [4.78, 5) is 0. The molecule has 0 saturated heterocycles. The van der Waals surface area contributed by atoms with Crippen molar-refractivity contribution in [3.63, 3.8) is 0 Å². The minimum Gasteiger partial charge on any atom is -0.385 e. The van der Waals surface area contributed by atoms with Crippen molar-refractivity contribution in [2.45, 2.75) is 52.6 Å². The second-order valence-corrected chi connectivity index (χ2v) is 6.05. The highest BCUT2D eigenvalue weighted by molar-refractivity contribution is 5.35. The fourth-order valence-corrected chi connectivity index (χ4v) is 3.07. The second kappa shape index (κ2) is 4.45. The quantitative estimate of drug-likeness (QED) is 0.777. The maximum atomic E-state index is 10.9. The van der Waals surface area contributed by atoms with Gasteiger partial charge in [0.1, 0.15) is 0 Å². The van der Waals surface area contributed by atoms with Gasteiger partial charge in [-0.15, -0.1) is 0 Å². The Hall–Kier alpha value is -0.820. The summed E-state index contributed by atoms with van der Waals surface area (Å²) in [5.74, 6) is 1.34. The molecule has 1 aromatic rings. The summed E-state index contributed by atoms with van der Waals surface area (Å²) < 4.78 is 0. The summed E-state index contributed by atoms with van der Waals surface area (Å²) >= 11 is 0. The van der Waals surface area contributed by atoms with E-state index in [1.807, 2.05) is 0 Å². The van der Waals surface area contributed by atoms with Crippen molar-refractivity contribution in [2.75, 3.05) is 0 Å². The zero-order valence-electron chi connectivity index (χ0n) is 11.5. The molecule has 0 spiro atoms. The van der Waals surface area contributed by atoms with E-state index >= 15 is 0 Å². The number of benzene rings is 1. The van der Waals surface area contributed by atoms with E-state index in [0.717, 1.165) is 30.7 Å². The second-order valence-electron chi connectivity index (χ2n) is 6.05. The molecular formula is C16H24O. The molecule has 2 rings (SSSR count). The SMILES string of the molecule is Cc1ccc(C)c(C2(O)CCC(C)C(C)C2)c1. The van der Waals surface area contributed by atoms with Gasteiger partial charge in [0.2, 0.25) is 0 Å². The number of aliphatic hydroxyl groups is 1. The van der Waals surface area contributed by atoms with E-state index in [4.69, 9.17) is 0 Å². The van der Waals surface area contributed by atoms with E-state index in [2.05, 4.69) is 45.9 Å². The summed E-state index contributed by atoms with van der Waals surface area (Å²) in [6.07, 6.45) is 2.94. The average molecular weight is 232 g/mol. The third-order valence-corrected chi connectivity index (χ3v) is 4.54. The van der Waals surface area contributed by atoms with Crippen LogP contribution in [-0.4, -0.2) is 5.11 Å². The number of aryl methyl sites for hydroxylation is 2. The first-order valence-electron chi connectivity index (χ1n) is 6.72. The van der Waals surface area contributed by atoms with Crippen molar-refractivity contribution < 1.29 is 5.11 Å². The van der Waals surface area contributed by atoms with Crippen LogP contribution in [0.3, 0.4) is 0 Å². The lowest BCUT2D eigenvalue weighted by Gasteiger charge is -2.40. The van der Waals surface area contributed by atoms with Crippen molar-refractivity contribution in [1.82, 2.24) is 0 Å². The summed E-state index contributed by atoms with van der Waals surface area (Å²) in [5.41, 5.74) is 3.02. The summed E-state index contributed by atoms with van der Waals surface area (Å²) in [5, 5.41) is 10.9. The molecule has 1 fully saturated rings.